The zero-order valence-electron chi connectivity index (χ0n) is 7.98. The van der Waals surface area contributed by atoms with Crippen molar-refractivity contribution in [2.24, 2.45) is 5.73 Å². The molecule has 0 saturated carbocycles. The van der Waals surface area contributed by atoms with Crippen LogP contribution in [0.5, 0.6) is 0 Å². The summed E-state index contributed by atoms with van der Waals surface area (Å²) < 4.78 is 0. The van der Waals surface area contributed by atoms with E-state index in [1.165, 1.54) is 0 Å². The molecule has 78 valence electrons. The number of nitrogens with zero attached hydrogens (tertiary/aromatic N) is 1. The van der Waals surface area contributed by atoms with Crippen LogP contribution in [-0.4, -0.2) is 17.3 Å². The molecule has 14 heavy (non-hydrogen) atoms. The summed E-state index contributed by atoms with van der Waals surface area (Å²) in [4.78, 5) is 15.3. The van der Waals surface area contributed by atoms with Crippen LogP contribution in [-0.2, 0) is 0 Å². The van der Waals surface area contributed by atoms with Gasteiger partial charge in [-0.05, 0) is 31.5 Å². The number of pyridine rings is 1. The number of ketones is 1. The second kappa shape index (κ2) is 7.64. The average molecular weight is 259 g/mol. The predicted octanol–water partition coefficient (Wildman–Crippen LogP) is 1.97. The molecule has 1 aromatic heterocycles. The number of rotatable bonds is 5. The van der Waals surface area contributed by atoms with Crippen LogP contribution in [0.2, 0.25) is 0 Å². The summed E-state index contributed by atoms with van der Waals surface area (Å²) in [6, 6.07) is 3.56. The third kappa shape index (κ3) is 4.48. The Labute approximate surface area is 94.5 Å². The predicted molar refractivity (Wildman–Crippen MR) is 61.8 cm³/mol. The van der Waals surface area contributed by atoms with Crippen molar-refractivity contribution in [2.45, 2.75) is 19.3 Å². The van der Waals surface area contributed by atoms with Gasteiger partial charge in [0.15, 0.2) is 5.78 Å². The quantitative estimate of drug-likeness (QED) is 0.649. The minimum atomic E-state index is 0. The topological polar surface area (TPSA) is 56.0 Å². The van der Waals surface area contributed by atoms with Crippen molar-refractivity contribution in [2.75, 3.05) is 6.54 Å². The van der Waals surface area contributed by atoms with Crippen LogP contribution >= 0.6 is 17.0 Å². The van der Waals surface area contributed by atoms with E-state index in [9.17, 15) is 4.79 Å². The maximum absolute atomic E-state index is 11.4. The van der Waals surface area contributed by atoms with Crippen molar-refractivity contribution in [3.63, 3.8) is 0 Å². The van der Waals surface area contributed by atoms with Gasteiger partial charge >= 0.3 is 0 Å². The van der Waals surface area contributed by atoms with E-state index in [2.05, 4.69) is 4.98 Å². The lowest BCUT2D eigenvalue weighted by Crippen LogP contribution is -2.02. The maximum atomic E-state index is 11.4. The van der Waals surface area contributed by atoms with Gasteiger partial charge in [0.05, 0.1) is 0 Å². The van der Waals surface area contributed by atoms with Crippen LogP contribution in [0.4, 0.5) is 0 Å². The molecular formula is C10H15BrN2O. The molecule has 0 radical (unpaired) electrons. The highest BCUT2D eigenvalue weighted by Crippen LogP contribution is 2.04. The van der Waals surface area contributed by atoms with Crippen molar-refractivity contribution in [1.82, 2.24) is 4.98 Å². The monoisotopic (exact) mass is 258 g/mol. The summed E-state index contributed by atoms with van der Waals surface area (Å²) in [6.07, 6.45) is 5.61. The van der Waals surface area contributed by atoms with Gasteiger partial charge in [-0.1, -0.05) is 0 Å². The second-order valence-electron chi connectivity index (χ2n) is 2.91. The SMILES string of the molecule is Br.NCCCCC(=O)c1cccnc1. The molecule has 0 spiro atoms. The van der Waals surface area contributed by atoms with Gasteiger partial charge in [0.25, 0.3) is 0 Å². The molecule has 0 aliphatic rings. The highest BCUT2D eigenvalue weighted by molar-refractivity contribution is 8.93. The van der Waals surface area contributed by atoms with E-state index in [1.807, 2.05) is 0 Å². The van der Waals surface area contributed by atoms with Crippen LogP contribution in [0.1, 0.15) is 29.6 Å². The van der Waals surface area contributed by atoms with Crippen molar-refractivity contribution < 1.29 is 4.79 Å². The molecule has 1 aromatic rings. The Morgan fingerprint density at radius 1 is 1.43 bits per heavy atom. The van der Waals surface area contributed by atoms with E-state index in [1.54, 1.807) is 24.5 Å². The van der Waals surface area contributed by atoms with Crippen LogP contribution < -0.4 is 5.73 Å². The first-order chi connectivity index (χ1) is 6.34. The van der Waals surface area contributed by atoms with Crippen LogP contribution in [0.15, 0.2) is 24.5 Å². The molecule has 3 nitrogen and oxygen atoms in total. The fraction of sp³-hybridized carbons (Fsp3) is 0.400. The fourth-order valence-electron chi connectivity index (χ4n) is 1.10. The Morgan fingerprint density at radius 2 is 2.21 bits per heavy atom. The van der Waals surface area contributed by atoms with Gasteiger partial charge in [-0.25, -0.2) is 0 Å². The number of hydrogen-bond donors (Lipinski definition) is 1. The number of carbonyl (C=O) groups excluding carboxylic acids is 1. The van der Waals surface area contributed by atoms with E-state index in [-0.39, 0.29) is 22.8 Å². The Hall–Kier alpha value is -0.740. The maximum Gasteiger partial charge on any atom is 0.164 e. The number of nitrogens with two attached hydrogens (primary N) is 1. The summed E-state index contributed by atoms with van der Waals surface area (Å²) in [6.45, 7) is 0.653. The molecule has 1 heterocycles. The minimum absolute atomic E-state index is 0. The highest BCUT2D eigenvalue weighted by atomic mass is 79.9. The van der Waals surface area contributed by atoms with E-state index in [0.29, 0.717) is 18.5 Å². The van der Waals surface area contributed by atoms with Gasteiger partial charge in [0.1, 0.15) is 0 Å². The van der Waals surface area contributed by atoms with Crippen LogP contribution in [0, 0.1) is 0 Å². The number of Topliss-reactive ketones (excluding diaryl/α,β-unsaturated/α-hetero) is 1. The zero-order valence-corrected chi connectivity index (χ0v) is 9.69. The molecular weight excluding hydrogens is 244 g/mol. The lowest BCUT2D eigenvalue weighted by molar-refractivity contribution is 0.0979. The minimum Gasteiger partial charge on any atom is -0.330 e. The third-order valence-electron chi connectivity index (χ3n) is 1.84. The van der Waals surface area contributed by atoms with Crippen molar-refractivity contribution >= 4 is 22.8 Å². The second-order valence-corrected chi connectivity index (χ2v) is 2.91. The molecule has 2 N–H and O–H groups in total. The van der Waals surface area contributed by atoms with Crippen LogP contribution in [0.3, 0.4) is 0 Å². The van der Waals surface area contributed by atoms with Crippen molar-refractivity contribution in [3.05, 3.63) is 30.1 Å². The molecule has 0 atom stereocenters. The Morgan fingerprint density at radius 3 is 2.79 bits per heavy atom. The molecule has 0 unspecified atom stereocenters. The average Bonchev–Trinajstić information content (AvgIpc) is 2.19. The van der Waals surface area contributed by atoms with Crippen LogP contribution in [0.25, 0.3) is 0 Å². The van der Waals surface area contributed by atoms with Gasteiger partial charge in [-0.2, -0.15) is 0 Å². The third-order valence-corrected chi connectivity index (χ3v) is 1.84. The molecule has 0 aliphatic carbocycles. The first-order valence-corrected chi connectivity index (χ1v) is 4.48. The summed E-state index contributed by atoms with van der Waals surface area (Å²) in [7, 11) is 0. The molecule has 0 bridgehead atoms. The normalized spacial score (nSPS) is 9.21. The van der Waals surface area contributed by atoms with Crippen molar-refractivity contribution in [3.8, 4) is 0 Å². The van der Waals surface area contributed by atoms with Crippen molar-refractivity contribution in [1.29, 1.82) is 0 Å². The lowest BCUT2D eigenvalue weighted by atomic mass is 10.1. The van der Waals surface area contributed by atoms with Gasteiger partial charge < -0.3 is 5.73 Å². The van der Waals surface area contributed by atoms with E-state index in [4.69, 9.17) is 5.73 Å². The number of hydrogen-bond acceptors (Lipinski definition) is 3. The number of halogens is 1. The molecule has 4 heteroatoms. The van der Waals surface area contributed by atoms with Gasteiger partial charge in [0, 0.05) is 24.4 Å². The Bertz CT molecular complexity index is 264. The summed E-state index contributed by atoms with van der Waals surface area (Å²) in [5.74, 6) is 0.154. The summed E-state index contributed by atoms with van der Waals surface area (Å²) in [5.41, 5.74) is 6.02. The highest BCUT2D eigenvalue weighted by Gasteiger charge is 2.03. The number of unbranched alkanes of at least 4 members (excludes halogenated alkanes) is 1. The standard InChI is InChI=1S/C10H14N2O.BrH/c11-6-2-1-5-10(13)9-4-3-7-12-8-9;/h3-4,7-8H,1-2,5-6,11H2;1H. The first kappa shape index (κ1) is 13.3. The summed E-state index contributed by atoms with van der Waals surface area (Å²) >= 11 is 0. The van der Waals surface area contributed by atoms with Gasteiger partial charge in [-0.3, -0.25) is 9.78 Å². The largest absolute Gasteiger partial charge is 0.330 e. The fourth-order valence-corrected chi connectivity index (χ4v) is 1.10. The Kier molecular flexibility index (Phi) is 7.24. The van der Waals surface area contributed by atoms with Gasteiger partial charge in [-0.15, -0.1) is 17.0 Å². The zero-order chi connectivity index (χ0) is 9.52. The lowest BCUT2D eigenvalue weighted by Gasteiger charge is -1.98. The van der Waals surface area contributed by atoms with E-state index in [0.717, 1.165) is 12.8 Å². The number of aromatic nitrogens is 1. The molecule has 0 aliphatic heterocycles. The molecule has 0 aromatic carbocycles. The van der Waals surface area contributed by atoms with E-state index >= 15 is 0 Å². The molecule has 0 saturated heterocycles. The van der Waals surface area contributed by atoms with E-state index < -0.39 is 0 Å². The first-order valence-electron chi connectivity index (χ1n) is 4.48. The van der Waals surface area contributed by atoms with Gasteiger partial charge in [0.2, 0.25) is 0 Å². The number of carbonyl (C=O) groups is 1. The smallest absolute Gasteiger partial charge is 0.164 e. The summed E-state index contributed by atoms with van der Waals surface area (Å²) in [5, 5.41) is 0. The molecule has 0 fully saturated rings. The Balaban J connectivity index is 0.00000169. The molecule has 1 rings (SSSR count). The molecule has 0 amide bonds.